The molecule has 1 fully saturated rings. The number of nitrogens with zero attached hydrogens (tertiary/aromatic N) is 1. The predicted octanol–water partition coefficient (Wildman–Crippen LogP) is 3.52. The maximum atomic E-state index is 12.6. The highest BCUT2D eigenvalue weighted by molar-refractivity contribution is 9.09. The molecule has 0 N–H and O–H groups in total. The molecule has 1 aliphatic heterocycles. The van der Waals surface area contributed by atoms with E-state index in [9.17, 15) is 8.42 Å². The van der Waals surface area contributed by atoms with Gasteiger partial charge in [-0.25, -0.2) is 8.42 Å². The van der Waals surface area contributed by atoms with Crippen molar-refractivity contribution in [3.63, 3.8) is 0 Å². The van der Waals surface area contributed by atoms with Crippen LogP contribution < -0.4 is 0 Å². The van der Waals surface area contributed by atoms with Gasteiger partial charge in [0.2, 0.25) is 10.0 Å². The SMILES string of the molecule is CC1(C)CN(S(=O)(=O)c2ccccc2Cl)CCC1Br. The number of alkyl halides is 1. The molecule has 6 heteroatoms. The number of halogens is 2. The molecule has 1 atom stereocenters. The average molecular weight is 367 g/mol. The lowest BCUT2D eigenvalue weighted by atomic mass is 9.85. The Balaban J connectivity index is 2.34. The second kappa shape index (κ2) is 5.35. The van der Waals surface area contributed by atoms with Crippen molar-refractivity contribution in [2.45, 2.75) is 30.0 Å². The first-order valence-corrected chi connectivity index (χ1v) is 8.87. The van der Waals surface area contributed by atoms with Crippen LogP contribution in [0.15, 0.2) is 29.2 Å². The fourth-order valence-corrected chi connectivity index (χ4v) is 4.75. The van der Waals surface area contributed by atoms with E-state index in [0.29, 0.717) is 17.9 Å². The molecule has 0 amide bonds. The van der Waals surface area contributed by atoms with Gasteiger partial charge in [-0.1, -0.05) is 53.5 Å². The summed E-state index contributed by atoms with van der Waals surface area (Å²) in [6, 6.07) is 6.60. The van der Waals surface area contributed by atoms with Crippen molar-refractivity contribution in [3.05, 3.63) is 29.3 Å². The maximum absolute atomic E-state index is 12.6. The molecular weight excluding hydrogens is 350 g/mol. The van der Waals surface area contributed by atoms with Crippen LogP contribution in [-0.2, 0) is 10.0 Å². The van der Waals surface area contributed by atoms with Crippen molar-refractivity contribution >= 4 is 37.6 Å². The highest BCUT2D eigenvalue weighted by atomic mass is 79.9. The lowest BCUT2D eigenvalue weighted by Crippen LogP contribution is -2.48. The van der Waals surface area contributed by atoms with Crippen molar-refractivity contribution in [3.8, 4) is 0 Å². The van der Waals surface area contributed by atoms with Crippen LogP contribution in [0.3, 0.4) is 0 Å². The molecule has 1 unspecified atom stereocenters. The van der Waals surface area contributed by atoms with Crippen molar-refractivity contribution in [1.29, 1.82) is 0 Å². The fraction of sp³-hybridized carbons (Fsp3) is 0.538. The van der Waals surface area contributed by atoms with Crippen molar-refractivity contribution in [1.82, 2.24) is 4.31 Å². The molecule has 1 heterocycles. The number of benzene rings is 1. The highest BCUT2D eigenvalue weighted by Gasteiger charge is 2.39. The standard InChI is InChI=1S/C13H17BrClNO2S/c1-13(2)9-16(8-7-12(13)14)19(17,18)11-6-4-3-5-10(11)15/h3-6,12H,7-9H2,1-2H3. The smallest absolute Gasteiger partial charge is 0.207 e. The lowest BCUT2D eigenvalue weighted by Gasteiger charge is -2.41. The topological polar surface area (TPSA) is 37.4 Å². The Hall–Kier alpha value is -0.100. The summed E-state index contributed by atoms with van der Waals surface area (Å²) in [7, 11) is -3.51. The Morgan fingerprint density at radius 1 is 1.37 bits per heavy atom. The van der Waals surface area contributed by atoms with Gasteiger partial charge >= 0.3 is 0 Å². The summed E-state index contributed by atoms with van der Waals surface area (Å²) in [5.41, 5.74) is -0.0907. The van der Waals surface area contributed by atoms with E-state index in [1.54, 1.807) is 24.3 Å². The summed E-state index contributed by atoms with van der Waals surface area (Å²) in [5.74, 6) is 0. The van der Waals surface area contributed by atoms with E-state index in [2.05, 4.69) is 29.8 Å². The zero-order valence-corrected chi connectivity index (χ0v) is 14.1. The molecular formula is C13H17BrClNO2S. The van der Waals surface area contributed by atoms with Crippen molar-refractivity contribution in [2.24, 2.45) is 5.41 Å². The predicted molar refractivity (Wildman–Crippen MR) is 81.3 cm³/mol. The quantitative estimate of drug-likeness (QED) is 0.751. The minimum Gasteiger partial charge on any atom is -0.207 e. The van der Waals surface area contributed by atoms with E-state index in [-0.39, 0.29) is 15.3 Å². The monoisotopic (exact) mass is 365 g/mol. The first-order chi connectivity index (χ1) is 8.75. The fourth-order valence-electron chi connectivity index (χ4n) is 2.28. The van der Waals surface area contributed by atoms with E-state index in [1.807, 2.05) is 0 Å². The molecule has 1 aromatic rings. The number of rotatable bonds is 2. The van der Waals surface area contributed by atoms with E-state index in [1.165, 1.54) is 4.31 Å². The summed E-state index contributed by atoms with van der Waals surface area (Å²) < 4.78 is 26.8. The number of sulfonamides is 1. The molecule has 1 saturated heterocycles. The Morgan fingerprint density at radius 2 is 2.00 bits per heavy atom. The molecule has 106 valence electrons. The van der Waals surface area contributed by atoms with Crippen LogP contribution in [0, 0.1) is 5.41 Å². The number of hydrogen-bond donors (Lipinski definition) is 0. The molecule has 0 bridgehead atoms. The van der Waals surface area contributed by atoms with E-state index < -0.39 is 10.0 Å². The van der Waals surface area contributed by atoms with Gasteiger partial charge in [-0.2, -0.15) is 4.31 Å². The largest absolute Gasteiger partial charge is 0.244 e. The zero-order chi connectivity index (χ0) is 14.3. The van der Waals surface area contributed by atoms with Crippen LogP contribution in [0.25, 0.3) is 0 Å². The summed E-state index contributed by atoms with van der Waals surface area (Å²) in [5, 5.41) is 0.279. The molecule has 2 rings (SSSR count). The molecule has 3 nitrogen and oxygen atoms in total. The van der Waals surface area contributed by atoms with Gasteiger partial charge in [0.25, 0.3) is 0 Å². The Bertz CT molecular complexity index is 574. The van der Waals surface area contributed by atoms with Crippen LogP contribution in [0.2, 0.25) is 5.02 Å². The summed E-state index contributed by atoms with van der Waals surface area (Å²) >= 11 is 9.64. The van der Waals surface area contributed by atoms with Gasteiger partial charge in [0.05, 0.1) is 5.02 Å². The summed E-state index contributed by atoms with van der Waals surface area (Å²) in [4.78, 5) is 0.526. The van der Waals surface area contributed by atoms with E-state index in [4.69, 9.17) is 11.6 Å². The van der Waals surface area contributed by atoms with E-state index >= 15 is 0 Å². The van der Waals surface area contributed by atoms with Crippen LogP contribution in [0.1, 0.15) is 20.3 Å². The molecule has 1 aliphatic rings. The molecule has 19 heavy (non-hydrogen) atoms. The molecule has 1 aromatic carbocycles. The Morgan fingerprint density at radius 3 is 2.58 bits per heavy atom. The van der Waals surface area contributed by atoms with Gasteiger partial charge in [-0.3, -0.25) is 0 Å². The first kappa shape index (κ1) is 15.3. The third-order valence-electron chi connectivity index (χ3n) is 3.52. The van der Waals surface area contributed by atoms with Crippen LogP contribution >= 0.6 is 27.5 Å². The molecule has 0 radical (unpaired) electrons. The van der Waals surface area contributed by atoms with Gasteiger partial charge in [0.15, 0.2) is 0 Å². The van der Waals surface area contributed by atoms with Crippen LogP contribution in [0.5, 0.6) is 0 Å². The molecule has 0 aromatic heterocycles. The minimum atomic E-state index is -3.51. The molecule has 0 aliphatic carbocycles. The van der Waals surface area contributed by atoms with Gasteiger partial charge in [0.1, 0.15) is 4.90 Å². The second-order valence-corrected chi connectivity index (χ2v) is 8.93. The van der Waals surface area contributed by atoms with Crippen LogP contribution in [0.4, 0.5) is 0 Å². The number of piperidine rings is 1. The normalized spacial score (nSPS) is 24.3. The Labute approximate surface area is 128 Å². The second-order valence-electron chi connectivity index (χ2n) is 5.51. The zero-order valence-electron chi connectivity index (χ0n) is 10.9. The molecule has 0 saturated carbocycles. The highest BCUT2D eigenvalue weighted by Crippen LogP contribution is 2.37. The Kier molecular flexibility index (Phi) is 4.31. The maximum Gasteiger partial charge on any atom is 0.244 e. The van der Waals surface area contributed by atoms with E-state index in [0.717, 1.165) is 6.42 Å². The average Bonchev–Trinajstić information content (AvgIpc) is 2.32. The van der Waals surface area contributed by atoms with Gasteiger partial charge in [-0.05, 0) is 24.0 Å². The third kappa shape index (κ3) is 2.99. The van der Waals surface area contributed by atoms with Crippen molar-refractivity contribution in [2.75, 3.05) is 13.1 Å². The molecule has 0 spiro atoms. The van der Waals surface area contributed by atoms with Gasteiger partial charge in [-0.15, -0.1) is 0 Å². The van der Waals surface area contributed by atoms with Crippen LogP contribution in [-0.4, -0.2) is 30.6 Å². The summed E-state index contributed by atoms with van der Waals surface area (Å²) in [6.07, 6.45) is 0.802. The van der Waals surface area contributed by atoms with Crippen molar-refractivity contribution < 1.29 is 8.42 Å². The third-order valence-corrected chi connectivity index (χ3v) is 7.56. The number of hydrogen-bond acceptors (Lipinski definition) is 2. The van der Waals surface area contributed by atoms with Gasteiger partial charge < -0.3 is 0 Å². The van der Waals surface area contributed by atoms with Gasteiger partial charge in [0, 0.05) is 17.9 Å². The first-order valence-electron chi connectivity index (χ1n) is 6.14. The minimum absolute atomic E-state index is 0.0907. The lowest BCUT2D eigenvalue weighted by molar-refractivity contribution is 0.199. The summed E-state index contributed by atoms with van der Waals surface area (Å²) in [6.45, 7) is 5.16.